The van der Waals surface area contributed by atoms with Gasteiger partial charge in [-0.3, -0.25) is 4.79 Å². The summed E-state index contributed by atoms with van der Waals surface area (Å²) < 4.78 is 5.32. The van der Waals surface area contributed by atoms with Gasteiger partial charge in [-0.2, -0.15) is 0 Å². The zero-order chi connectivity index (χ0) is 19.7. The highest BCUT2D eigenvalue weighted by atomic mass is 32.2. The molecule has 8 heteroatoms. The summed E-state index contributed by atoms with van der Waals surface area (Å²) in [6.07, 6.45) is 2.55. The molecule has 0 atom stereocenters. The Hall–Kier alpha value is -2.71. The van der Waals surface area contributed by atoms with Gasteiger partial charge in [0.05, 0.1) is 0 Å². The molecule has 142 valence electrons. The largest absolute Gasteiger partial charge is 0.423 e. The first kappa shape index (κ1) is 18.6. The van der Waals surface area contributed by atoms with Gasteiger partial charge in [-0.15, -0.1) is 23.1 Å². The molecule has 3 aromatic heterocycles. The molecule has 1 amide bonds. The zero-order valence-electron chi connectivity index (χ0n) is 15.3. The van der Waals surface area contributed by atoms with Crippen molar-refractivity contribution in [1.29, 1.82) is 0 Å². The minimum absolute atomic E-state index is 0.177. The van der Waals surface area contributed by atoms with Crippen molar-refractivity contribution in [3.63, 3.8) is 0 Å². The lowest BCUT2D eigenvalue weighted by Gasteiger charge is -2.08. The molecule has 0 aliphatic carbocycles. The average Bonchev–Trinajstić information content (AvgIpc) is 3.09. The lowest BCUT2D eigenvalue weighted by atomic mass is 10.1. The summed E-state index contributed by atoms with van der Waals surface area (Å²) in [6, 6.07) is 8.97. The van der Waals surface area contributed by atoms with Gasteiger partial charge in [0.1, 0.15) is 21.8 Å². The Balaban J connectivity index is 1.67. The quantitative estimate of drug-likeness (QED) is 0.293. The summed E-state index contributed by atoms with van der Waals surface area (Å²) in [7, 11) is 0. The number of carbonyl (C=O) groups is 1. The van der Waals surface area contributed by atoms with Crippen LogP contribution in [0, 0.1) is 0 Å². The van der Waals surface area contributed by atoms with Crippen LogP contribution in [0.1, 0.15) is 24.3 Å². The fourth-order valence-electron chi connectivity index (χ4n) is 2.95. The number of benzene rings is 1. The highest BCUT2D eigenvalue weighted by Gasteiger charge is 2.12. The monoisotopic (exact) mass is 411 g/mol. The third kappa shape index (κ3) is 3.79. The minimum atomic E-state index is -0.417. The Bertz CT molecular complexity index is 1250. The molecule has 6 nitrogen and oxygen atoms in total. The molecule has 0 saturated heterocycles. The summed E-state index contributed by atoms with van der Waals surface area (Å²) in [6.45, 7) is 3.56. The fraction of sp³-hybridized carbons (Fsp3) is 0.200. The van der Waals surface area contributed by atoms with Crippen LogP contribution in [0.3, 0.4) is 0 Å². The van der Waals surface area contributed by atoms with Gasteiger partial charge in [0.15, 0.2) is 0 Å². The van der Waals surface area contributed by atoms with E-state index < -0.39 is 5.63 Å². The number of rotatable bonds is 5. The van der Waals surface area contributed by atoms with Crippen molar-refractivity contribution in [2.75, 3.05) is 5.32 Å². The molecule has 0 fully saturated rings. The van der Waals surface area contributed by atoms with E-state index in [-0.39, 0.29) is 5.91 Å². The van der Waals surface area contributed by atoms with Gasteiger partial charge in [0.2, 0.25) is 5.91 Å². The minimum Gasteiger partial charge on any atom is -0.423 e. The standard InChI is InChI=1S/C20H17N3O3S2/c1-3-14-8-16-19(21-10-22-20(16)28-14)27-9-12-6-18(25)26-17-7-13(23-11(2)24)4-5-15(12)17/h4-8,10H,3,9H2,1-2H3,(H,23,24). The van der Waals surface area contributed by atoms with E-state index in [0.29, 0.717) is 17.0 Å². The third-order valence-corrected chi connectivity index (χ3v) is 6.45. The smallest absolute Gasteiger partial charge is 0.336 e. The molecule has 4 rings (SSSR count). The van der Waals surface area contributed by atoms with Crippen LogP contribution in [0.2, 0.25) is 0 Å². The van der Waals surface area contributed by atoms with Crippen LogP contribution in [0.25, 0.3) is 21.2 Å². The number of aromatic nitrogens is 2. The maximum Gasteiger partial charge on any atom is 0.336 e. The molecule has 0 radical (unpaired) electrons. The van der Waals surface area contributed by atoms with Crippen LogP contribution < -0.4 is 10.9 Å². The number of carbonyl (C=O) groups excluding carboxylic acids is 1. The topological polar surface area (TPSA) is 85.1 Å². The van der Waals surface area contributed by atoms with Gasteiger partial charge in [-0.05, 0) is 30.2 Å². The second-order valence-corrected chi connectivity index (χ2v) is 8.31. The molecule has 0 saturated carbocycles. The Morgan fingerprint density at radius 3 is 2.86 bits per heavy atom. The average molecular weight is 412 g/mol. The first-order chi connectivity index (χ1) is 13.5. The summed E-state index contributed by atoms with van der Waals surface area (Å²) in [5, 5.41) is 5.49. The Morgan fingerprint density at radius 1 is 1.21 bits per heavy atom. The van der Waals surface area contributed by atoms with Crippen LogP contribution in [0.15, 0.2) is 50.9 Å². The highest BCUT2D eigenvalue weighted by molar-refractivity contribution is 7.98. The molecule has 0 aliphatic heterocycles. The van der Waals surface area contributed by atoms with E-state index in [1.807, 2.05) is 6.07 Å². The third-order valence-electron chi connectivity index (χ3n) is 4.21. The first-order valence-corrected chi connectivity index (χ1v) is 10.5. The van der Waals surface area contributed by atoms with Crippen molar-refractivity contribution in [2.45, 2.75) is 31.0 Å². The number of amides is 1. The molecule has 0 unspecified atom stereocenters. The van der Waals surface area contributed by atoms with Crippen LogP contribution in [0.4, 0.5) is 5.69 Å². The lowest BCUT2D eigenvalue weighted by molar-refractivity contribution is -0.114. The van der Waals surface area contributed by atoms with Crippen molar-refractivity contribution >= 4 is 55.9 Å². The van der Waals surface area contributed by atoms with E-state index in [0.717, 1.165) is 32.6 Å². The maximum absolute atomic E-state index is 12.0. The molecule has 4 aromatic rings. The zero-order valence-corrected chi connectivity index (χ0v) is 16.9. The first-order valence-electron chi connectivity index (χ1n) is 8.74. The molecular weight excluding hydrogens is 394 g/mol. The summed E-state index contributed by atoms with van der Waals surface area (Å²) in [5.41, 5.74) is 1.49. The lowest BCUT2D eigenvalue weighted by Crippen LogP contribution is -2.06. The van der Waals surface area contributed by atoms with Crippen molar-refractivity contribution in [3.05, 3.63) is 57.5 Å². The SMILES string of the molecule is CCc1cc2c(SCc3cc(=O)oc4cc(NC(C)=O)ccc34)ncnc2s1. The van der Waals surface area contributed by atoms with E-state index >= 15 is 0 Å². The summed E-state index contributed by atoms with van der Waals surface area (Å²) >= 11 is 3.25. The van der Waals surface area contributed by atoms with Crippen molar-refractivity contribution in [3.8, 4) is 0 Å². The molecule has 0 aliphatic rings. The Kier molecular flexibility index (Phi) is 5.15. The Morgan fingerprint density at radius 2 is 2.07 bits per heavy atom. The molecule has 3 heterocycles. The van der Waals surface area contributed by atoms with Gasteiger partial charge in [-0.25, -0.2) is 14.8 Å². The van der Waals surface area contributed by atoms with Gasteiger partial charge in [0.25, 0.3) is 0 Å². The van der Waals surface area contributed by atoms with E-state index in [2.05, 4.69) is 28.3 Å². The van der Waals surface area contributed by atoms with Crippen LogP contribution in [-0.2, 0) is 17.0 Å². The van der Waals surface area contributed by atoms with E-state index in [4.69, 9.17) is 4.42 Å². The van der Waals surface area contributed by atoms with Gasteiger partial charge in [-0.1, -0.05) is 6.92 Å². The fourth-order valence-corrected chi connectivity index (χ4v) is 4.91. The molecule has 1 aromatic carbocycles. The normalized spacial score (nSPS) is 11.2. The van der Waals surface area contributed by atoms with Gasteiger partial charge < -0.3 is 9.73 Å². The second-order valence-electron chi connectivity index (χ2n) is 6.24. The molecule has 28 heavy (non-hydrogen) atoms. The number of anilines is 1. The molecule has 0 spiro atoms. The van der Waals surface area contributed by atoms with Crippen LogP contribution in [0.5, 0.6) is 0 Å². The molecule has 1 N–H and O–H groups in total. The number of nitrogens with zero attached hydrogens (tertiary/aromatic N) is 2. The van der Waals surface area contributed by atoms with Crippen molar-refractivity contribution < 1.29 is 9.21 Å². The van der Waals surface area contributed by atoms with Crippen LogP contribution >= 0.6 is 23.1 Å². The predicted molar refractivity (Wildman–Crippen MR) is 113 cm³/mol. The number of fused-ring (bicyclic) bond motifs is 2. The number of thiophene rings is 1. The van der Waals surface area contributed by atoms with Crippen molar-refractivity contribution in [2.24, 2.45) is 0 Å². The van der Waals surface area contributed by atoms with Gasteiger partial charge >= 0.3 is 5.63 Å². The summed E-state index contributed by atoms with van der Waals surface area (Å²) in [5.74, 6) is 0.397. The van der Waals surface area contributed by atoms with Crippen LogP contribution in [-0.4, -0.2) is 15.9 Å². The number of thioether (sulfide) groups is 1. The Labute approximate surface area is 169 Å². The number of hydrogen-bond acceptors (Lipinski definition) is 7. The van der Waals surface area contributed by atoms with Crippen molar-refractivity contribution in [1.82, 2.24) is 9.97 Å². The molecular formula is C20H17N3O3S2. The van der Waals surface area contributed by atoms with E-state index in [1.54, 1.807) is 41.6 Å². The van der Waals surface area contributed by atoms with Gasteiger partial charge in [0, 0.05) is 46.1 Å². The van der Waals surface area contributed by atoms with E-state index in [9.17, 15) is 9.59 Å². The predicted octanol–water partition coefficient (Wildman–Crippen LogP) is 4.61. The molecule has 0 bridgehead atoms. The number of hydrogen-bond donors (Lipinski definition) is 1. The second kappa shape index (κ2) is 7.73. The summed E-state index contributed by atoms with van der Waals surface area (Å²) in [4.78, 5) is 34.3. The highest BCUT2D eigenvalue weighted by Crippen LogP contribution is 2.33. The number of aryl methyl sites for hydroxylation is 1. The van der Waals surface area contributed by atoms with E-state index in [1.165, 1.54) is 17.9 Å². The number of nitrogens with one attached hydrogen (secondary N) is 1. The maximum atomic E-state index is 12.0.